The number of rotatable bonds is 7. The van der Waals surface area contributed by atoms with Gasteiger partial charge in [0.15, 0.2) is 0 Å². The summed E-state index contributed by atoms with van der Waals surface area (Å²) in [6.45, 7) is 4.68. The molecule has 398 valence electrons. The van der Waals surface area contributed by atoms with Crippen molar-refractivity contribution in [2.45, 2.75) is 19.3 Å². The topological polar surface area (TPSA) is 45.5 Å². The van der Waals surface area contributed by atoms with Crippen LogP contribution in [0.2, 0.25) is 0 Å². The van der Waals surface area contributed by atoms with Crippen LogP contribution in [0.15, 0.2) is 279 Å². The van der Waals surface area contributed by atoms with Gasteiger partial charge in [-0.3, -0.25) is 9.13 Å². The average Bonchev–Trinajstić information content (AvgIpc) is 2.89. The summed E-state index contributed by atoms with van der Waals surface area (Å²) in [5.41, 5.74) is 22.9. The molecule has 0 fully saturated rings. The smallest absolute Gasteiger partial charge is 0.237 e. The Balaban J connectivity index is 0.829. The van der Waals surface area contributed by atoms with Crippen LogP contribution in [0, 0.1) is 0 Å². The molecule has 0 unspecified atom stereocenters. The fraction of sp³-hybridized carbons (Fsp3) is 0.0380. The number of benzene rings is 12. The van der Waals surface area contributed by atoms with Crippen molar-refractivity contribution in [1.82, 2.24) is 28.2 Å². The molecule has 5 aromatic heterocycles. The normalized spacial score (nSPS) is 12.9. The molecule has 0 radical (unpaired) electrons. The minimum absolute atomic E-state index is 0.129. The van der Waals surface area contributed by atoms with Crippen molar-refractivity contribution in [3.8, 4) is 67.8 Å². The lowest BCUT2D eigenvalue weighted by Gasteiger charge is -2.21. The Morgan fingerprint density at radius 3 is 1.12 bits per heavy atom. The van der Waals surface area contributed by atoms with Gasteiger partial charge in [-0.2, -0.15) is 4.98 Å². The molecule has 0 saturated heterocycles. The maximum atomic E-state index is 5.73. The summed E-state index contributed by atoms with van der Waals surface area (Å²) >= 11 is 0. The molecule has 0 amide bonds. The van der Waals surface area contributed by atoms with Crippen LogP contribution in [0.5, 0.6) is 0 Å². The lowest BCUT2D eigenvalue weighted by molar-refractivity contribution is 0.660. The molecule has 85 heavy (non-hydrogen) atoms. The Morgan fingerprint density at radius 2 is 0.624 bits per heavy atom. The monoisotopic (exact) mass is 1080 g/mol. The summed E-state index contributed by atoms with van der Waals surface area (Å²) in [6, 6.07) is 102. The SMILES string of the molecule is CC1(C)c2ccccc2-c2cc(-c3cc(-n4c5ccccc5c5cc(-c6ccc7c(c6)c6ccccc6n7-c6ccccc6)ccc54)nc(-n4c5ccccc5c5cc(-c6ccc7c(c6)c6ccccc6n7-c6ccccc6)ccc54)n3)ccc21. The molecular weight excluding hydrogens is 1030 g/mol. The van der Waals surface area contributed by atoms with E-state index in [1.807, 2.05) is 0 Å². The molecule has 17 aromatic rings. The molecule has 1 aliphatic carbocycles. The lowest BCUT2D eigenvalue weighted by Crippen LogP contribution is -2.14. The summed E-state index contributed by atoms with van der Waals surface area (Å²) in [4.78, 5) is 11.4. The van der Waals surface area contributed by atoms with E-state index in [9.17, 15) is 0 Å². The largest absolute Gasteiger partial charge is 0.309 e. The highest BCUT2D eigenvalue weighted by Gasteiger charge is 2.35. The van der Waals surface area contributed by atoms with Crippen LogP contribution in [0.1, 0.15) is 25.0 Å². The predicted octanol–water partition coefficient (Wildman–Crippen LogP) is 20.2. The van der Waals surface area contributed by atoms with E-state index in [0.29, 0.717) is 5.95 Å². The average molecular weight is 1090 g/mol. The molecule has 0 N–H and O–H groups in total. The van der Waals surface area contributed by atoms with E-state index in [1.54, 1.807) is 0 Å². The number of para-hydroxylation sites is 6. The molecule has 1 aliphatic rings. The third-order valence-electron chi connectivity index (χ3n) is 18.4. The van der Waals surface area contributed by atoms with Crippen LogP contribution in [0.3, 0.4) is 0 Å². The van der Waals surface area contributed by atoms with Gasteiger partial charge in [0.05, 0.1) is 49.8 Å². The summed E-state index contributed by atoms with van der Waals surface area (Å²) in [5, 5.41) is 9.51. The molecule has 6 nitrogen and oxygen atoms in total. The number of fused-ring (bicyclic) bond motifs is 15. The second kappa shape index (κ2) is 18.0. The molecule has 12 aromatic carbocycles. The van der Waals surface area contributed by atoms with Crippen molar-refractivity contribution in [2.75, 3.05) is 0 Å². The van der Waals surface area contributed by atoms with Crippen LogP contribution in [0.4, 0.5) is 0 Å². The van der Waals surface area contributed by atoms with Crippen molar-refractivity contribution in [3.05, 3.63) is 290 Å². The quantitative estimate of drug-likeness (QED) is 0.160. The van der Waals surface area contributed by atoms with Crippen LogP contribution >= 0.6 is 0 Å². The van der Waals surface area contributed by atoms with Gasteiger partial charge in [-0.15, -0.1) is 0 Å². The first-order valence-electron chi connectivity index (χ1n) is 29.3. The van der Waals surface area contributed by atoms with Crippen LogP contribution in [-0.4, -0.2) is 28.2 Å². The first-order valence-corrected chi connectivity index (χ1v) is 29.3. The molecule has 0 bridgehead atoms. The second-order valence-electron chi connectivity index (χ2n) is 23.4. The minimum Gasteiger partial charge on any atom is -0.309 e. The van der Waals surface area contributed by atoms with Gasteiger partial charge in [-0.05, 0) is 148 Å². The number of aromatic nitrogens is 6. The van der Waals surface area contributed by atoms with Crippen LogP contribution in [-0.2, 0) is 5.41 Å². The fourth-order valence-electron chi connectivity index (χ4n) is 14.4. The first-order chi connectivity index (χ1) is 41.9. The molecule has 0 atom stereocenters. The zero-order chi connectivity index (χ0) is 56.1. The van der Waals surface area contributed by atoms with E-state index in [0.717, 1.165) is 88.8 Å². The van der Waals surface area contributed by atoms with Gasteiger partial charge < -0.3 is 9.13 Å². The number of hydrogen-bond acceptors (Lipinski definition) is 2. The lowest BCUT2D eigenvalue weighted by atomic mass is 9.82. The highest BCUT2D eigenvalue weighted by atomic mass is 15.2. The molecule has 6 heteroatoms. The molecule has 0 spiro atoms. The number of hydrogen-bond donors (Lipinski definition) is 0. The third kappa shape index (κ3) is 7.00. The van der Waals surface area contributed by atoms with Crippen molar-refractivity contribution in [2.24, 2.45) is 0 Å². The van der Waals surface area contributed by atoms with Gasteiger partial charge in [-0.1, -0.05) is 184 Å². The second-order valence-corrected chi connectivity index (χ2v) is 23.4. The van der Waals surface area contributed by atoms with Crippen molar-refractivity contribution < 1.29 is 0 Å². The minimum atomic E-state index is -0.129. The van der Waals surface area contributed by atoms with Gasteiger partial charge in [-0.25, -0.2) is 4.98 Å². The third-order valence-corrected chi connectivity index (χ3v) is 18.4. The fourth-order valence-corrected chi connectivity index (χ4v) is 14.4. The first kappa shape index (κ1) is 47.5. The van der Waals surface area contributed by atoms with Crippen molar-refractivity contribution in [3.63, 3.8) is 0 Å². The molecule has 18 rings (SSSR count). The zero-order valence-corrected chi connectivity index (χ0v) is 46.7. The highest BCUT2D eigenvalue weighted by molar-refractivity contribution is 6.15. The van der Waals surface area contributed by atoms with Crippen molar-refractivity contribution >= 4 is 87.2 Å². The van der Waals surface area contributed by atoms with Crippen molar-refractivity contribution in [1.29, 1.82) is 0 Å². The predicted molar refractivity (Wildman–Crippen MR) is 353 cm³/mol. The standard InChI is InChI=1S/C79H52N6/c1-79(2)66-28-14-9-23-56(66)61-47-53(33-38-67(61)79)68-48-77(84-71-31-17-12-26-59(71)64-45-51(36-41-75(64)84)49-34-39-73-62(43-49)57-24-10-15-29-69(57)82(73)54-19-5-3-6-20-54)81-78(80-68)85-72-32-18-13-27-60(72)65-46-52(37-42-76(65)85)50-35-40-74-63(44-50)58-25-11-16-30-70(58)83(74)55-21-7-4-8-22-55/h3-48H,1-2H3. The van der Waals surface area contributed by atoms with E-state index in [1.165, 1.54) is 71.4 Å². The Kier molecular flexibility index (Phi) is 10.0. The summed E-state index contributed by atoms with van der Waals surface area (Å²) in [5.74, 6) is 1.40. The summed E-state index contributed by atoms with van der Waals surface area (Å²) < 4.78 is 9.38. The van der Waals surface area contributed by atoms with Crippen LogP contribution in [0.25, 0.3) is 155 Å². The Labute approximate surface area is 490 Å². The number of nitrogens with zero attached hydrogens (tertiary/aromatic N) is 6. The Morgan fingerprint density at radius 1 is 0.259 bits per heavy atom. The van der Waals surface area contributed by atoms with Gasteiger partial charge in [0.25, 0.3) is 0 Å². The van der Waals surface area contributed by atoms with Gasteiger partial charge in [0, 0.05) is 71.5 Å². The Hall–Kier alpha value is -11.1. The van der Waals surface area contributed by atoms with E-state index in [2.05, 4.69) is 311 Å². The maximum absolute atomic E-state index is 5.73. The molecular formula is C79H52N6. The summed E-state index contributed by atoms with van der Waals surface area (Å²) in [7, 11) is 0. The van der Waals surface area contributed by atoms with Gasteiger partial charge in [0.2, 0.25) is 5.95 Å². The zero-order valence-electron chi connectivity index (χ0n) is 46.7. The highest BCUT2D eigenvalue weighted by Crippen LogP contribution is 2.50. The maximum Gasteiger partial charge on any atom is 0.237 e. The van der Waals surface area contributed by atoms with Gasteiger partial charge in [0.1, 0.15) is 5.82 Å². The van der Waals surface area contributed by atoms with E-state index < -0.39 is 0 Å². The Bertz CT molecular complexity index is 5340. The van der Waals surface area contributed by atoms with Crippen LogP contribution < -0.4 is 0 Å². The summed E-state index contributed by atoms with van der Waals surface area (Å²) in [6.07, 6.45) is 0. The van der Waals surface area contributed by atoms with Gasteiger partial charge >= 0.3 is 0 Å². The molecule has 0 saturated carbocycles. The van der Waals surface area contributed by atoms with E-state index in [4.69, 9.17) is 9.97 Å². The van der Waals surface area contributed by atoms with E-state index in [-0.39, 0.29) is 5.41 Å². The molecule has 0 aliphatic heterocycles. The molecule has 5 heterocycles. The van der Waals surface area contributed by atoms with E-state index >= 15 is 0 Å².